The fourth-order valence-electron chi connectivity index (χ4n) is 1.43. The molecule has 0 rings (SSSR count). The molecule has 0 aromatic rings. The second-order valence-electron chi connectivity index (χ2n) is 4.68. The number of hydrogen-bond acceptors (Lipinski definition) is 2. The molecule has 0 aromatic heterocycles. The Morgan fingerprint density at radius 2 is 1.82 bits per heavy atom. The maximum atomic E-state index is 9.97. The van der Waals surface area contributed by atoms with Crippen molar-refractivity contribution in [1.82, 2.24) is 0 Å². The van der Waals surface area contributed by atoms with Crippen molar-refractivity contribution < 1.29 is 9.53 Å². The van der Waals surface area contributed by atoms with Gasteiger partial charge in [0.1, 0.15) is 5.60 Å². The van der Waals surface area contributed by atoms with E-state index >= 15 is 0 Å². The third-order valence-electron chi connectivity index (χ3n) is 1.27. The zero-order valence-electron chi connectivity index (χ0n) is 8.02. The fourth-order valence-corrected chi connectivity index (χ4v) is 4.05. The van der Waals surface area contributed by atoms with Crippen LogP contribution in [0.2, 0.25) is 25.7 Å². The van der Waals surface area contributed by atoms with E-state index in [0.717, 1.165) is 6.04 Å². The van der Waals surface area contributed by atoms with E-state index in [1.54, 1.807) is 0 Å². The number of ether oxygens (including phenoxy) is 1. The normalized spacial score (nSPS) is 12.8. The van der Waals surface area contributed by atoms with E-state index in [2.05, 4.69) is 19.6 Å². The molecule has 0 amide bonds. The van der Waals surface area contributed by atoms with Gasteiger partial charge in [0.2, 0.25) is 0 Å². The van der Waals surface area contributed by atoms with Crippen LogP contribution in [0.15, 0.2) is 0 Å². The highest BCUT2D eigenvalue weighted by atomic mass is 28.3. The molecule has 65 valence electrons. The summed E-state index contributed by atoms with van der Waals surface area (Å²) < 4.78 is 4.83. The third-order valence-corrected chi connectivity index (χ3v) is 3.19. The SMILES string of the molecule is CC(C)(C[Si](C)(C)C)O[C]=O. The first-order valence-corrected chi connectivity index (χ1v) is 7.53. The van der Waals surface area contributed by atoms with Crippen molar-refractivity contribution >= 4 is 14.5 Å². The first kappa shape index (κ1) is 10.7. The van der Waals surface area contributed by atoms with E-state index in [1.165, 1.54) is 6.47 Å². The first-order chi connectivity index (χ1) is 4.77. The standard InChI is InChI=1S/C8H17O2Si/c1-8(2,10-7-9)6-11(3,4)5/h6H2,1-5H3. The van der Waals surface area contributed by atoms with Crippen LogP contribution in [0.25, 0.3) is 0 Å². The molecule has 0 fully saturated rings. The summed E-state index contributed by atoms with van der Waals surface area (Å²) >= 11 is 0. The molecule has 1 radical (unpaired) electrons. The van der Waals surface area contributed by atoms with Crippen molar-refractivity contribution in [2.45, 2.75) is 45.1 Å². The van der Waals surface area contributed by atoms with Crippen LogP contribution in [0.3, 0.4) is 0 Å². The molecule has 3 heteroatoms. The van der Waals surface area contributed by atoms with Crippen molar-refractivity contribution in [3.63, 3.8) is 0 Å². The van der Waals surface area contributed by atoms with E-state index in [-0.39, 0.29) is 5.60 Å². The van der Waals surface area contributed by atoms with Gasteiger partial charge in [-0.25, -0.2) is 4.79 Å². The van der Waals surface area contributed by atoms with Gasteiger partial charge in [-0.05, 0) is 19.9 Å². The van der Waals surface area contributed by atoms with Crippen LogP contribution in [0.1, 0.15) is 13.8 Å². The lowest BCUT2D eigenvalue weighted by Gasteiger charge is -2.28. The van der Waals surface area contributed by atoms with Gasteiger partial charge in [-0.3, -0.25) is 0 Å². The Balaban J connectivity index is 4.00. The second-order valence-corrected chi connectivity index (χ2v) is 10.2. The Kier molecular flexibility index (Phi) is 3.29. The van der Waals surface area contributed by atoms with E-state index in [1.807, 2.05) is 13.8 Å². The Morgan fingerprint density at radius 3 is 2.09 bits per heavy atom. The van der Waals surface area contributed by atoms with Crippen molar-refractivity contribution in [2.75, 3.05) is 0 Å². The zero-order valence-corrected chi connectivity index (χ0v) is 9.02. The molecule has 0 saturated carbocycles. The molecule has 0 bridgehead atoms. The Morgan fingerprint density at radius 1 is 1.36 bits per heavy atom. The number of hydrogen-bond donors (Lipinski definition) is 0. The van der Waals surface area contributed by atoms with Gasteiger partial charge in [0, 0.05) is 8.07 Å². The lowest BCUT2D eigenvalue weighted by atomic mass is 10.2. The summed E-state index contributed by atoms with van der Waals surface area (Å²) in [6.07, 6.45) is 0. The van der Waals surface area contributed by atoms with E-state index in [4.69, 9.17) is 4.74 Å². The summed E-state index contributed by atoms with van der Waals surface area (Å²) in [4.78, 5) is 9.97. The highest BCUT2D eigenvalue weighted by molar-refractivity contribution is 6.76. The van der Waals surface area contributed by atoms with Crippen molar-refractivity contribution in [1.29, 1.82) is 0 Å². The van der Waals surface area contributed by atoms with Crippen molar-refractivity contribution in [3.05, 3.63) is 0 Å². The van der Waals surface area contributed by atoms with Crippen LogP contribution in [0.5, 0.6) is 0 Å². The van der Waals surface area contributed by atoms with Gasteiger partial charge in [0.15, 0.2) is 0 Å². The number of rotatable bonds is 4. The summed E-state index contributed by atoms with van der Waals surface area (Å²) in [5.74, 6) is 0. The van der Waals surface area contributed by atoms with Gasteiger partial charge in [-0.1, -0.05) is 19.6 Å². The predicted molar refractivity (Wildman–Crippen MR) is 49.0 cm³/mol. The highest BCUT2D eigenvalue weighted by Gasteiger charge is 2.27. The van der Waals surface area contributed by atoms with Crippen LogP contribution < -0.4 is 0 Å². The molecule has 0 atom stereocenters. The van der Waals surface area contributed by atoms with E-state index in [9.17, 15) is 4.79 Å². The minimum Gasteiger partial charge on any atom is -0.452 e. The zero-order chi connectivity index (χ0) is 9.12. The maximum Gasteiger partial charge on any atom is 0.418 e. The summed E-state index contributed by atoms with van der Waals surface area (Å²) in [6.45, 7) is 12.1. The molecule has 0 heterocycles. The minimum atomic E-state index is -1.13. The van der Waals surface area contributed by atoms with Crippen LogP contribution in [-0.4, -0.2) is 20.1 Å². The van der Waals surface area contributed by atoms with Gasteiger partial charge < -0.3 is 4.74 Å². The lowest BCUT2D eigenvalue weighted by molar-refractivity contribution is 0.108. The summed E-state index contributed by atoms with van der Waals surface area (Å²) in [7, 11) is -1.13. The molecule has 11 heavy (non-hydrogen) atoms. The van der Waals surface area contributed by atoms with E-state index < -0.39 is 8.07 Å². The average Bonchev–Trinajstić information content (AvgIpc) is 1.55. The molecule has 0 aliphatic heterocycles. The van der Waals surface area contributed by atoms with Crippen LogP contribution in [-0.2, 0) is 9.53 Å². The number of carbonyl (C=O) groups excluding carboxylic acids is 1. The molecular weight excluding hydrogens is 156 g/mol. The summed E-state index contributed by atoms with van der Waals surface area (Å²) in [5, 5.41) is 0. The molecule has 2 nitrogen and oxygen atoms in total. The second kappa shape index (κ2) is 3.39. The Bertz CT molecular complexity index is 136. The lowest BCUT2D eigenvalue weighted by Crippen LogP contribution is -2.35. The maximum absolute atomic E-state index is 9.97. The Labute approximate surface area is 69.9 Å². The average molecular weight is 173 g/mol. The molecule has 0 N–H and O–H groups in total. The molecule has 0 spiro atoms. The first-order valence-electron chi connectivity index (χ1n) is 3.82. The van der Waals surface area contributed by atoms with Crippen LogP contribution in [0, 0.1) is 0 Å². The van der Waals surface area contributed by atoms with Gasteiger partial charge in [-0.15, -0.1) is 0 Å². The third kappa shape index (κ3) is 6.10. The molecule has 0 unspecified atom stereocenters. The summed E-state index contributed by atoms with van der Waals surface area (Å²) in [6, 6.07) is 0.981. The molecule has 0 aromatic carbocycles. The van der Waals surface area contributed by atoms with Crippen LogP contribution in [0.4, 0.5) is 0 Å². The fraction of sp³-hybridized carbons (Fsp3) is 0.875. The minimum absolute atomic E-state index is 0.327. The molecule has 0 saturated heterocycles. The molecular formula is C8H17O2Si. The predicted octanol–water partition coefficient (Wildman–Crippen LogP) is 2.19. The Hall–Kier alpha value is -0.313. The van der Waals surface area contributed by atoms with Gasteiger partial charge >= 0.3 is 6.47 Å². The quantitative estimate of drug-likeness (QED) is 0.609. The summed E-state index contributed by atoms with van der Waals surface area (Å²) in [5.41, 5.74) is -0.327. The van der Waals surface area contributed by atoms with Gasteiger partial charge in [-0.2, -0.15) is 0 Å². The topological polar surface area (TPSA) is 26.3 Å². The van der Waals surface area contributed by atoms with E-state index in [0.29, 0.717) is 0 Å². The van der Waals surface area contributed by atoms with Crippen molar-refractivity contribution in [2.24, 2.45) is 0 Å². The monoisotopic (exact) mass is 173 g/mol. The molecule has 0 aliphatic rings. The van der Waals surface area contributed by atoms with Crippen molar-refractivity contribution in [3.8, 4) is 0 Å². The molecule has 0 aliphatic carbocycles. The van der Waals surface area contributed by atoms with Gasteiger partial charge in [0.25, 0.3) is 0 Å². The smallest absolute Gasteiger partial charge is 0.418 e. The van der Waals surface area contributed by atoms with Crippen LogP contribution >= 0.6 is 0 Å². The highest BCUT2D eigenvalue weighted by Crippen LogP contribution is 2.22. The van der Waals surface area contributed by atoms with Gasteiger partial charge in [0.05, 0.1) is 0 Å². The largest absolute Gasteiger partial charge is 0.452 e.